The molecular weight excluding hydrogens is 231 g/mol. The van der Waals surface area contributed by atoms with Crippen molar-refractivity contribution >= 4 is 18.4 Å². The second-order valence-electron chi connectivity index (χ2n) is 4.48. The standard InChI is InChI=1S/C5H11O.3CH3.Sn/c1-4(2)5(3)6;;;;/h4-6H,1H2,2-3H3;3*1H3;. The zero-order chi connectivity index (χ0) is 8.36. The normalized spacial score (nSPS) is 18.6. The molecule has 0 fully saturated rings. The molecule has 0 radical (unpaired) electrons. The van der Waals surface area contributed by atoms with Crippen LogP contribution < -0.4 is 0 Å². The molecule has 0 aromatic rings. The van der Waals surface area contributed by atoms with Crippen molar-refractivity contribution in [3.05, 3.63) is 0 Å². The summed E-state index contributed by atoms with van der Waals surface area (Å²) in [6, 6.07) is 0. The molecule has 0 bridgehead atoms. The maximum absolute atomic E-state index is 9.22. The third kappa shape index (κ3) is 5.54. The van der Waals surface area contributed by atoms with E-state index in [9.17, 15) is 5.11 Å². The molecule has 0 aromatic heterocycles. The van der Waals surface area contributed by atoms with Crippen LogP contribution in [0.1, 0.15) is 13.8 Å². The number of hydrogen-bond donors (Lipinski definition) is 1. The van der Waals surface area contributed by atoms with Gasteiger partial charge >= 0.3 is 68.6 Å². The van der Waals surface area contributed by atoms with Crippen molar-refractivity contribution in [1.29, 1.82) is 0 Å². The van der Waals surface area contributed by atoms with E-state index in [1.165, 1.54) is 4.44 Å². The van der Waals surface area contributed by atoms with Crippen molar-refractivity contribution in [3.63, 3.8) is 0 Å². The molecule has 0 amide bonds. The van der Waals surface area contributed by atoms with E-state index < -0.39 is 18.4 Å². The fourth-order valence-electron chi connectivity index (χ4n) is 1.14. The Morgan fingerprint density at radius 1 is 1.20 bits per heavy atom. The van der Waals surface area contributed by atoms with Crippen LogP contribution in [0.2, 0.25) is 19.3 Å². The molecule has 2 atom stereocenters. The molecule has 0 aliphatic heterocycles. The average molecular weight is 251 g/mol. The first-order chi connectivity index (χ1) is 4.33. The minimum atomic E-state index is -1.60. The Bertz CT molecular complexity index is 93.9. The summed E-state index contributed by atoms with van der Waals surface area (Å²) >= 11 is -1.60. The summed E-state index contributed by atoms with van der Waals surface area (Å²) < 4.78 is 1.30. The fraction of sp³-hybridized carbons (Fsp3) is 1.00. The summed E-state index contributed by atoms with van der Waals surface area (Å²) in [5.74, 6) is 0.510. The second-order valence-corrected chi connectivity index (χ2v) is 20.3. The Kier molecular flexibility index (Phi) is 4.25. The van der Waals surface area contributed by atoms with Gasteiger partial charge in [-0.15, -0.1) is 0 Å². The molecule has 1 nitrogen and oxygen atoms in total. The molecule has 0 spiro atoms. The quantitative estimate of drug-likeness (QED) is 0.763. The number of aliphatic hydroxyl groups excluding tert-OH is 1. The number of aliphatic hydroxyl groups is 1. The summed E-state index contributed by atoms with van der Waals surface area (Å²) in [6.07, 6.45) is -0.115. The molecule has 0 aliphatic rings. The average Bonchev–Trinajstić information content (AvgIpc) is 1.60. The van der Waals surface area contributed by atoms with Gasteiger partial charge in [0.1, 0.15) is 0 Å². The Morgan fingerprint density at radius 2 is 1.60 bits per heavy atom. The predicted molar refractivity (Wildman–Crippen MR) is 49.0 cm³/mol. The monoisotopic (exact) mass is 252 g/mol. The zero-order valence-electron chi connectivity index (χ0n) is 7.81. The van der Waals surface area contributed by atoms with Gasteiger partial charge in [0.05, 0.1) is 0 Å². The summed E-state index contributed by atoms with van der Waals surface area (Å²) in [4.78, 5) is 7.23. The van der Waals surface area contributed by atoms with Crippen LogP contribution in [-0.4, -0.2) is 29.6 Å². The van der Waals surface area contributed by atoms with Crippen molar-refractivity contribution < 1.29 is 5.11 Å². The maximum atomic E-state index is 9.22. The summed E-state index contributed by atoms with van der Waals surface area (Å²) in [5.41, 5.74) is 0. The molecule has 62 valence electrons. The molecule has 0 rings (SSSR count). The van der Waals surface area contributed by atoms with Gasteiger partial charge in [-0.2, -0.15) is 0 Å². The van der Waals surface area contributed by atoms with Gasteiger partial charge in [0, 0.05) is 0 Å². The predicted octanol–water partition coefficient (Wildman–Crippen LogP) is 2.34. The van der Waals surface area contributed by atoms with Crippen LogP contribution in [0, 0.1) is 5.92 Å². The second kappa shape index (κ2) is 3.95. The van der Waals surface area contributed by atoms with Gasteiger partial charge in [-0.25, -0.2) is 0 Å². The van der Waals surface area contributed by atoms with E-state index in [1.807, 2.05) is 6.92 Å². The zero-order valence-corrected chi connectivity index (χ0v) is 10.7. The first kappa shape index (κ1) is 10.8. The van der Waals surface area contributed by atoms with E-state index in [0.29, 0.717) is 5.92 Å². The van der Waals surface area contributed by atoms with Crippen molar-refractivity contribution in [2.75, 3.05) is 0 Å². The summed E-state index contributed by atoms with van der Waals surface area (Å²) in [5, 5.41) is 9.22. The van der Waals surface area contributed by atoms with E-state index in [-0.39, 0.29) is 6.10 Å². The number of hydrogen-bond acceptors (Lipinski definition) is 1. The molecule has 2 heteroatoms. The van der Waals surface area contributed by atoms with Crippen molar-refractivity contribution in [1.82, 2.24) is 0 Å². The van der Waals surface area contributed by atoms with Crippen molar-refractivity contribution in [2.45, 2.75) is 39.2 Å². The van der Waals surface area contributed by atoms with Crippen LogP contribution >= 0.6 is 0 Å². The van der Waals surface area contributed by atoms with Gasteiger partial charge < -0.3 is 0 Å². The van der Waals surface area contributed by atoms with Gasteiger partial charge in [0.2, 0.25) is 0 Å². The Labute approximate surface area is 68.7 Å². The van der Waals surface area contributed by atoms with E-state index in [4.69, 9.17) is 0 Å². The Morgan fingerprint density at radius 3 is 1.70 bits per heavy atom. The molecule has 0 saturated heterocycles. The van der Waals surface area contributed by atoms with Crippen LogP contribution in [0.25, 0.3) is 0 Å². The van der Waals surface area contributed by atoms with E-state index in [1.54, 1.807) is 0 Å². The Hall–Kier alpha value is 0.759. The minimum absolute atomic E-state index is 0.115. The van der Waals surface area contributed by atoms with Crippen molar-refractivity contribution in [2.24, 2.45) is 5.92 Å². The third-order valence-electron chi connectivity index (χ3n) is 1.76. The van der Waals surface area contributed by atoms with Gasteiger partial charge in [-0.3, -0.25) is 0 Å². The third-order valence-corrected chi connectivity index (χ3v) is 7.09. The molecule has 0 heterocycles. The van der Waals surface area contributed by atoms with Crippen LogP contribution in [-0.2, 0) is 0 Å². The van der Waals surface area contributed by atoms with Crippen LogP contribution in [0.3, 0.4) is 0 Å². The van der Waals surface area contributed by atoms with Gasteiger partial charge in [-0.05, 0) is 0 Å². The van der Waals surface area contributed by atoms with E-state index in [2.05, 4.69) is 21.7 Å². The molecule has 0 aromatic carbocycles. The van der Waals surface area contributed by atoms with Crippen LogP contribution in [0.5, 0.6) is 0 Å². The van der Waals surface area contributed by atoms with E-state index >= 15 is 0 Å². The molecule has 0 aliphatic carbocycles. The molecule has 10 heavy (non-hydrogen) atoms. The molecular formula is C8H20OSn. The summed E-state index contributed by atoms with van der Waals surface area (Å²) in [6.45, 7) is 4.04. The fourth-order valence-corrected chi connectivity index (χ4v) is 7.62. The molecule has 1 N–H and O–H groups in total. The van der Waals surface area contributed by atoms with Crippen LogP contribution in [0.4, 0.5) is 0 Å². The Balaban J connectivity index is 3.68. The summed E-state index contributed by atoms with van der Waals surface area (Å²) in [7, 11) is 0. The SMILES string of the molecule is CC(O)C(C)[CH2][Sn]([CH3])([CH3])[CH3]. The van der Waals surface area contributed by atoms with Crippen LogP contribution in [0.15, 0.2) is 0 Å². The first-order valence-corrected chi connectivity index (χ1v) is 14.6. The number of rotatable bonds is 3. The van der Waals surface area contributed by atoms with Crippen molar-refractivity contribution in [3.8, 4) is 0 Å². The van der Waals surface area contributed by atoms with Gasteiger partial charge in [0.15, 0.2) is 0 Å². The van der Waals surface area contributed by atoms with Gasteiger partial charge in [0.25, 0.3) is 0 Å². The topological polar surface area (TPSA) is 20.2 Å². The molecule has 2 unspecified atom stereocenters. The first-order valence-electron chi connectivity index (χ1n) is 4.01. The van der Waals surface area contributed by atoms with Gasteiger partial charge in [-0.1, -0.05) is 0 Å². The molecule has 0 saturated carbocycles. The van der Waals surface area contributed by atoms with E-state index in [0.717, 1.165) is 0 Å².